The van der Waals surface area contributed by atoms with E-state index in [9.17, 15) is 10.2 Å². The minimum absolute atomic E-state index is 0.0317. The molecule has 2 heterocycles. The molecule has 0 unspecified atom stereocenters. The van der Waals surface area contributed by atoms with Gasteiger partial charge in [-0.3, -0.25) is 0 Å². The average molecular weight is 569 g/mol. The number of nitrogens with zero attached hydrogens (tertiary/aromatic N) is 10. The van der Waals surface area contributed by atoms with Crippen LogP contribution in [0.5, 0.6) is 17.2 Å². The quantitative estimate of drug-likeness (QED) is 0.137. The highest BCUT2D eigenvalue weighted by molar-refractivity contribution is 5.82. The van der Waals surface area contributed by atoms with Gasteiger partial charge in [0.05, 0.1) is 19.0 Å². The number of hydrogen-bond donors (Lipinski definition) is 2. The van der Waals surface area contributed by atoms with Crippen LogP contribution in [0.25, 0.3) is 0 Å². The first-order valence-electron chi connectivity index (χ1n) is 12.9. The molecule has 5 rings (SSSR count). The molecule has 5 aromatic rings. The van der Waals surface area contributed by atoms with Gasteiger partial charge in [-0.05, 0) is 99.9 Å². The van der Waals surface area contributed by atoms with Crippen molar-refractivity contribution in [3.05, 3.63) is 100 Å². The van der Waals surface area contributed by atoms with Gasteiger partial charge >= 0.3 is 0 Å². The average Bonchev–Trinajstić information content (AvgIpc) is 3.60. The maximum Gasteiger partial charge on any atom is 0.173 e. The number of ether oxygens (including phenoxy) is 2. The molecule has 2 N–H and O–H groups in total. The van der Waals surface area contributed by atoms with E-state index in [1.807, 2.05) is 24.3 Å². The van der Waals surface area contributed by atoms with Crippen LogP contribution in [0.15, 0.2) is 70.9 Å². The molecular weight excluding hydrogens is 540 g/mol. The van der Waals surface area contributed by atoms with Gasteiger partial charge in [-0.15, -0.1) is 19.8 Å². The summed E-state index contributed by atoms with van der Waals surface area (Å²) in [5.41, 5.74) is 3.19. The third-order valence-electron chi connectivity index (χ3n) is 6.31. The molecule has 0 atom stereocenters. The molecule has 42 heavy (non-hydrogen) atoms. The summed E-state index contributed by atoms with van der Waals surface area (Å²) >= 11 is 0. The molecule has 0 aliphatic carbocycles. The molecule has 14 nitrogen and oxygen atoms in total. The Bertz CT molecular complexity index is 1630. The van der Waals surface area contributed by atoms with E-state index in [4.69, 9.17) is 9.47 Å². The standard InChI is InChI=1S/C28H28N10O4/c1-18-31-33-35-37(18)29-16-20-7-9-26(39)24(13-20)28(22-5-4-6-23(15-22)42-12-11-41-3)25-14-21(8-10-27(25)40)17-30-38-19(2)32-34-36-38/h4-10,13-17,28,39-40H,11-12H2,1-3H3/b29-16+,30-17+. The van der Waals surface area contributed by atoms with E-state index in [1.54, 1.807) is 69.8 Å². The Morgan fingerprint density at radius 1 is 0.786 bits per heavy atom. The topological polar surface area (TPSA) is 171 Å². The summed E-state index contributed by atoms with van der Waals surface area (Å²) in [5.74, 6) is 1.12. The van der Waals surface area contributed by atoms with Crippen molar-refractivity contribution in [1.82, 2.24) is 40.6 Å². The fraction of sp³-hybridized carbons (Fsp3) is 0.214. The SMILES string of the molecule is COCCOc1cccc(C(c2cc(/C=N/n3nnnc3C)ccc2O)c2cc(/C=N/n3nnnc3C)ccc2O)c1. The molecule has 0 aliphatic heterocycles. The van der Waals surface area contributed by atoms with Crippen LogP contribution in [0.1, 0.15) is 45.4 Å². The third-order valence-corrected chi connectivity index (χ3v) is 6.31. The van der Waals surface area contributed by atoms with Crippen molar-refractivity contribution in [2.75, 3.05) is 20.3 Å². The number of tetrazole rings is 2. The first kappa shape index (κ1) is 28.0. The molecule has 2 aromatic heterocycles. The molecule has 0 spiro atoms. The molecule has 214 valence electrons. The van der Waals surface area contributed by atoms with Crippen molar-refractivity contribution < 1.29 is 19.7 Å². The largest absolute Gasteiger partial charge is 0.508 e. The lowest BCUT2D eigenvalue weighted by Crippen LogP contribution is -2.08. The first-order valence-corrected chi connectivity index (χ1v) is 12.9. The molecule has 14 heteroatoms. The highest BCUT2D eigenvalue weighted by Crippen LogP contribution is 2.41. The fourth-order valence-electron chi connectivity index (χ4n) is 4.23. The van der Waals surface area contributed by atoms with Gasteiger partial charge in [0, 0.05) is 24.2 Å². The van der Waals surface area contributed by atoms with Crippen LogP contribution in [0.4, 0.5) is 0 Å². The van der Waals surface area contributed by atoms with E-state index in [-0.39, 0.29) is 11.5 Å². The summed E-state index contributed by atoms with van der Waals surface area (Å²) in [5, 5.41) is 53.4. The summed E-state index contributed by atoms with van der Waals surface area (Å²) in [6.07, 6.45) is 3.18. The molecule has 0 radical (unpaired) electrons. The minimum atomic E-state index is -0.609. The summed E-state index contributed by atoms with van der Waals surface area (Å²) in [6.45, 7) is 4.26. The minimum Gasteiger partial charge on any atom is -0.508 e. The van der Waals surface area contributed by atoms with Crippen LogP contribution in [-0.4, -0.2) is 83.6 Å². The zero-order chi connectivity index (χ0) is 29.5. The second kappa shape index (κ2) is 12.8. The summed E-state index contributed by atoms with van der Waals surface area (Å²) in [4.78, 5) is 2.59. The van der Waals surface area contributed by atoms with Gasteiger partial charge in [-0.2, -0.15) is 10.2 Å². The Kier molecular flexibility index (Phi) is 8.53. The Morgan fingerprint density at radius 3 is 1.86 bits per heavy atom. The zero-order valence-corrected chi connectivity index (χ0v) is 23.1. The van der Waals surface area contributed by atoms with Crippen LogP contribution in [0, 0.1) is 13.8 Å². The van der Waals surface area contributed by atoms with Gasteiger partial charge < -0.3 is 19.7 Å². The summed E-state index contributed by atoms with van der Waals surface area (Å²) < 4.78 is 11.0. The number of aromatic hydroxyl groups is 2. The Balaban J connectivity index is 1.60. The van der Waals surface area contributed by atoms with Crippen LogP contribution in [0.3, 0.4) is 0 Å². The first-order chi connectivity index (χ1) is 20.4. The third kappa shape index (κ3) is 6.45. The molecule has 0 bridgehead atoms. The van der Waals surface area contributed by atoms with Gasteiger partial charge in [0.15, 0.2) is 11.6 Å². The van der Waals surface area contributed by atoms with E-state index in [1.165, 1.54) is 9.58 Å². The highest BCUT2D eigenvalue weighted by atomic mass is 16.5. The van der Waals surface area contributed by atoms with Crippen molar-refractivity contribution in [2.24, 2.45) is 10.2 Å². The molecule has 0 fully saturated rings. The van der Waals surface area contributed by atoms with E-state index < -0.39 is 5.92 Å². The number of rotatable bonds is 11. The van der Waals surface area contributed by atoms with Crippen molar-refractivity contribution in [3.63, 3.8) is 0 Å². The Morgan fingerprint density at radius 2 is 1.36 bits per heavy atom. The zero-order valence-electron chi connectivity index (χ0n) is 23.1. The lowest BCUT2D eigenvalue weighted by Gasteiger charge is -2.22. The number of phenols is 2. The van der Waals surface area contributed by atoms with Gasteiger partial charge in [0.2, 0.25) is 0 Å². The van der Waals surface area contributed by atoms with Crippen LogP contribution in [0.2, 0.25) is 0 Å². The highest BCUT2D eigenvalue weighted by Gasteiger charge is 2.24. The molecule has 0 saturated heterocycles. The molecule has 0 aliphatic rings. The lowest BCUT2D eigenvalue weighted by atomic mass is 9.83. The lowest BCUT2D eigenvalue weighted by molar-refractivity contribution is 0.146. The van der Waals surface area contributed by atoms with Crippen molar-refractivity contribution in [1.29, 1.82) is 0 Å². The molecule has 3 aromatic carbocycles. The number of benzene rings is 3. The second-order valence-electron chi connectivity index (χ2n) is 9.20. The van der Waals surface area contributed by atoms with Crippen LogP contribution < -0.4 is 4.74 Å². The smallest absolute Gasteiger partial charge is 0.173 e. The summed E-state index contributed by atoms with van der Waals surface area (Å²) in [7, 11) is 1.61. The molecular formula is C28H28N10O4. The number of aryl methyl sites for hydroxylation is 2. The number of hydrogen-bond acceptors (Lipinski definition) is 12. The van der Waals surface area contributed by atoms with Gasteiger partial charge in [0.25, 0.3) is 0 Å². The Labute approximate surface area is 240 Å². The van der Waals surface area contributed by atoms with Crippen LogP contribution in [-0.2, 0) is 4.74 Å². The predicted octanol–water partition coefficient (Wildman–Crippen LogP) is 2.66. The second-order valence-corrected chi connectivity index (χ2v) is 9.20. The number of methoxy groups -OCH3 is 1. The Hall–Kier alpha value is -5.50. The van der Waals surface area contributed by atoms with Crippen molar-refractivity contribution in [2.45, 2.75) is 19.8 Å². The summed E-state index contributed by atoms with van der Waals surface area (Å²) in [6, 6.07) is 17.7. The molecule has 0 amide bonds. The van der Waals surface area contributed by atoms with E-state index in [2.05, 4.69) is 41.3 Å². The van der Waals surface area contributed by atoms with Gasteiger partial charge in [-0.1, -0.05) is 12.1 Å². The van der Waals surface area contributed by atoms with Crippen molar-refractivity contribution in [3.8, 4) is 17.2 Å². The van der Waals surface area contributed by atoms with E-state index in [0.717, 1.165) is 5.56 Å². The van der Waals surface area contributed by atoms with Gasteiger partial charge in [0.1, 0.15) is 23.9 Å². The monoisotopic (exact) mass is 568 g/mol. The predicted molar refractivity (Wildman–Crippen MR) is 152 cm³/mol. The number of phenolic OH excluding ortho intramolecular Hbond substituents is 2. The fourth-order valence-corrected chi connectivity index (χ4v) is 4.23. The molecule has 0 saturated carbocycles. The number of aromatic nitrogens is 8. The van der Waals surface area contributed by atoms with E-state index in [0.29, 0.717) is 52.9 Å². The van der Waals surface area contributed by atoms with Crippen LogP contribution >= 0.6 is 0 Å². The maximum absolute atomic E-state index is 11.1. The van der Waals surface area contributed by atoms with Gasteiger partial charge in [-0.25, -0.2) is 0 Å². The normalized spacial score (nSPS) is 11.7. The maximum atomic E-state index is 11.1. The van der Waals surface area contributed by atoms with Crippen molar-refractivity contribution >= 4 is 12.4 Å². The van der Waals surface area contributed by atoms with E-state index >= 15 is 0 Å².